The zero-order chi connectivity index (χ0) is 12.3. The monoisotopic (exact) mass is 314 g/mol. The summed E-state index contributed by atoms with van der Waals surface area (Å²) in [6, 6.07) is 6.49. The average molecular weight is 315 g/mol. The molecule has 0 saturated carbocycles. The third-order valence-corrected chi connectivity index (χ3v) is 4.08. The highest BCUT2D eigenvalue weighted by atomic mass is 79.9. The molecule has 2 rings (SSSR count). The summed E-state index contributed by atoms with van der Waals surface area (Å²) in [4.78, 5) is 1.30. The Labute approximate surface area is 112 Å². The Morgan fingerprint density at radius 2 is 2.18 bits per heavy atom. The second kappa shape index (κ2) is 5.51. The molecule has 0 atom stereocenters. The third-order valence-electron chi connectivity index (χ3n) is 2.32. The molecule has 0 bridgehead atoms. The Balaban J connectivity index is 1.90. The molecule has 0 aliphatic rings. The maximum Gasteiger partial charge on any atom is 0.125 e. The molecule has 1 aromatic heterocycles. The second-order valence-electron chi connectivity index (χ2n) is 3.64. The van der Waals surface area contributed by atoms with Crippen molar-refractivity contribution >= 4 is 38.6 Å². The molecule has 0 unspecified atom stereocenters. The number of nitrogens with one attached hydrogen (secondary N) is 1. The van der Waals surface area contributed by atoms with Crippen molar-refractivity contribution in [1.29, 1.82) is 0 Å². The van der Waals surface area contributed by atoms with E-state index in [1.807, 2.05) is 0 Å². The van der Waals surface area contributed by atoms with Gasteiger partial charge in [-0.3, -0.25) is 0 Å². The molecule has 1 aromatic carbocycles. The van der Waals surface area contributed by atoms with Crippen molar-refractivity contribution in [2.45, 2.75) is 6.42 Å². The first-order valence-electron chi connectivity index (χ1n) is 5.17. The maximum atomic E-state index is 12.8. The molecule has 0 aliphatic carbocycles. The van der Waals surface area contributed by atoms with Crippen molar-refractivity contribution in [2.24, 2.45) is 0 Å². The third kappa shape index (κ3) is 3.44. The fourth-order valence-electron chi connectivity index (χ4n) is 1.50. The van der Waals surface area contributed by atoms with E-state index in [2.05, 4.69) is 32.7 Å². The van der Waals surface area contributed by atoms with Gasteiger partial charge >= 0.3 is 0 Å². The molecule has 17 heavy (non-hydrogen) atoms. The van der Waals surface area contributed by atoms with Crippen LogP contribution in [0.1, 0.15) is 4.88 Å². The molecule has 2 aromatic rings. The lowest BCUT2D eigenvalue weighted by molar-refractivity contribution is 0.628. The van der Waals surface area contributed by atoms with Crippen LogP contribution in [0.2, 0.25) is 0 Å². The van der Waals surface area contributed by atoms with Crippen molar-refractivity contribution in [1.82, 2.24) is 0 Å². The molecule has 0 aliphatic heterocycles. The minimum Gasteiger partial charge on any atom is -0.397 e. The van der Waals surface area contributed by atoms with Gasteiger partial charge in [-0.25, -0.2) is 4.39 Å². The maximum absolute atomic E-state index is 12.8. The highest BCUT2D eigenvalue weighted by molar-refractivity contribution is 9.10. The van der Waals surface area contributed by atoms with Gasteiger partial charge in [-0.2, -0.15) is 0 Å². The Kier molecular flexibility index (Phi) is 4.02. The first kappa shape index (κ1) is 12.4. The quantitative estimate of drug-likeness (QED) is 0.840. The molecule has 1 heterocycles. The molecule has 2 nitrogen and oxygen atoms in total. The van der Waals surface area contributed by atoms with E-state index < -0.39 is 0 Å². The molecule has 0 fully saturated rings. The summed E-state index contributed by atoms with van der Waals surface area (Å²) < 4.78 is 13.9. The van der Waals surface area contributed by atoms with Crippen molar-refractivity contribution in [3.8, 4) is 0 Å². The highest BCUT2D eigenvalue weighted by Crippen LogP contribution is 2.21. The predicted octanol–water partition coefficient (Wildman–Crippen LogP) is 3.89. The van der Waals surface area contributed by atoms with Crippen LogP contribution in [0.4, 0.5) is 15.8 Å². The van der Waals surface area contributed by atoms with Crippen LogP contribution in [0.5, 0.6) is 0 Å². The molecule has 3 N–H and O–H groups in total. The molecule has 5 heteroatoms. The number of thiophene rings is 1. The van der Waals surface area contributed by atoms with E-state index in [4.69, 9.17) is 5.73 Å². The van der Waals surface area contributed by atoms with Gasteiger partial charge in [0.15, 0.2) is 0 Å². The molecule has 90 valence electrons. The van der Waals surface area contributed by atoms with E-state index >= 15 is 0 Å². The SMILES string of the molecule is Nc1cc(F)ccc1NCCc1cc(Br)cs1. The normalized spacial score (nSPS) is 10.5. The van der Waals surface area contributed by atoms with E-state index in [-0.39, 0.29) is 5.82 Å². The predicted molar refractivity (Wildman–Crippen MR) is 75.0 cm³/mol. The Morgan fingerprint density at radius 3 is 2.82 bits per heavy atom. The molecule has 0 radical (unpaired) electrons. The van der Waals surface area contributed by atoms with Crippen molar-refractivity contribution in [3.63, 3.8) is 0 Å². The first-order valence-corrected chi connectivity index (χ1v) is 6.84. The van der Waals surface area contributed by atoms with Crippen LogP contribution in [0, 0.1) is 5.82 Å². The minimum atomic E-state index is -0.310. The standard InChI is InChI=1S/C12H12BrFN2S/c13-8-5-10(17-7-8)3-4-16-12-2-1-9(14)6-11(12)15/h1-2,5-7,16H,3-4,15H2. The number of benzene rings is 1. The van der Waals surface area contributed by atoms with E-state index in [1.165, 1.54) is 17.0 Å². The molecule has 0 saturated heterocycles. The van der Waals surface area contributed by atoms with Gasteiger partial charge in [0.05, 0.1) is 11.4 Å². The number of hydrogen-bond donors (Lipinski definition) is 2. The van der Waals surface area contributed by atoms with E-state index in [9.17, 15) is 4.39 Å². The van der Waals surface area contributed by atoms with Crippen LogP contribution in [-0.2, 0) is 6.42 Å². The molecular weight excluding hydrogens is 303 g/mol. The molecule has 0 amide bonds. The fraction of sp³-hybridized carbons (Fsp3) is 0.167. The lowest BCUT2D eigenvalue weighted by Gasteiger charge is -2.08. The number of halogens is 2. The van der Waals surface area contributed by atoms with Crippen LogP contribution < -0.4 is 11.1 Å². The summed E-state index contributed by atoms with van der Waals surface area (Å²) in [5.41, 5.74) is 6.92. The number of anilines is 2. The van der Waals surface area contributed by atoms with Gasteiger partial charge in [-0.15, -0.1) is 11.3 Å². The van der Waals surface area contributed by atoms with Gasteiger partial charge in [0.25, 0.3) is 0 Å². The van der Waals surface area contributed by atoms with Crippen LogP contribution in [0.25, 0.3) is 0 Å². The smallest absolute Gasteiger partial charge is 0.125 e. The van der Waals surface area contributed by atoms with Gasteiger partial charge in [-0.05, 0) is 46.6 Å². The number of nitrogens with two attached hydrogens (primary N) is 1. The zero-order valence-corrected chi connectivity index (χ0v) is 11.4. The summed E-state index contributed by atoms with van der Waals surface area (Å²) in [6.07, 6.45) is 0.924. The summed E-state index contributed by atoms with van der Waals surface area (Å²) >= 11 is 5.13. The topological polar surface area (TPSA) is 38.0 Å². The van der Waals surface area contributed by atoms with Crippen molar-refractivity contribution in [3.05, 3.63) is 44.8 Å². The minimum absolute atomic E-state index is 0.310. The van der Waals surface area contributed by atoms with Gasteiger partial charge in [0, 0.05) is 21.3 Å². The number of rotatable bonds is 4. The van der Waals surface area contributed by atoms with Gasteiger partial charge in [0.2, 0.25) is 0 Å². The van der Waals surface area contributed by atoms with E-state index in [0.29, 0.717) is 5.69 Å². The Bertz CT molecular complexity index is 513. The molecular formula is C12H12BrFN2S. The summed E-state index contributed by atoms with van der Waals surface area (Å²) in [5.74, 6) is -0.310. The second-order valence-corrected chi connectivity index (χ2v) is 5.55. The van der Waals surface area contributed by atoms with E-state index in [1.54, 1.807) is 17.4 Å². The Morgan fingerprint density at radius 1 is 1.35 bits per heavy atom. The van der Waals surface area contributed by atoms with Gasteiger partial charge in [0.1, 0.15) is 5.82 Å². The van der Waals surface area contributed by atoms with Gasteiger partial charge < -0.3 is 11.1 Å². The first-order chi connectivity index (χ1) is 8.15. The zero-order valence-electron chi connectivity index (χ0n) is 9.04. The van der Waals surface area contributed by atoms with Crippen LogP contribution >= 0.6 is 27.3 Å². The van der Waals surface area contributed by atoms with Crippen LogP contribution in [0.15, 0.2) is 34.1 Å². The summed E-state index contributed by atoms with van der Waals surface area (Å²) in [5, 5.41) is 5.25. The van der Waals surface area contributed by atoms with Crippen LogP contribution in [-0.4, -0.2) is 6.54 Å². The Hall–Kier alpha value is -1.07. The highest BCUT2D eigenvalue weighted by Gasteiger charge is 2.01. The summed E-state index contributed by atoms with van der Waals surface area (Å²) in [7, 11) is 0. The lowest BCUT2D eigenvalue weighted by Crippen LogP contribution is -2.06. The fourth-order valence-corrected chi connectivity index (χ4v) is 2.95. The largest absolute Gasteiger partial charge is 0.397 e. The van der Waals surface area contributed by atoms with E-state index in [0.717, 1.165) is 23.1 Å². The lowest BCUT2D eigenvalue weighted by atomic mass is 10.2. The average Bonchev–Trinajstić information content (AvgIpc) is 2.68. The number of hydrogen-bond acceptors (Lipinski definition) is 3. The summed E-state index contributed by atoms with van der Waals surface area (Å²) in [6.45, 7) is 0.781. The van der Waals surface area contributed by atoms with Crippen molar-refractivity contribution < 1.29 is 4.39 Å². The number of nitrogen functional groups attached to an aromatic ring is 1. The van der Waals surface area contributed by atoms with Gasteiger partial charge in [-0.1, -0.05) is 0 Å². The molecule has 0 spiro atoms. The van der Waals surface area contributed by atoms with Crippen molar-refractivity contribution in [2.75, 3.05) is 17.6 Å². The van der Waals surface area contributed by atoms with Crippen LogP contribution in [0.3, 0.4) is 0 Å².